The van der Waals surface area contributed by atoms with Crippen LogP contribution in [-0.2, 0) is 10.1 Å². The van der Waals surface area contributed by atoms with Gasteiger partial charge in [0.05, 0.1) is 21.3 Å². The zero-order chi connectivity index (χ0) is 15.6. The summed E-state index contributed by atoms with van der Waals surface area (Å²) in [7, 11) is -2.15. The van der Waals surface area contributed by atoms with Crippen molar-refractivity contribution >= 4 is 10.1 Å². The third-order valence-corrected chi connectivity index (χ3v) is 3.12. The van der Waals surface area contributed by atoms with Crippen molar-refractivity contribution < 1.29 is 40.0 Å². The molecule has 10 heteroatoms. The molecular weight excluding hydrogens is 305 g/mol. The second-order valence-corrected chi connectivity index (χ2v) is 4.88. The molecule has 0 aliphatic rings. The van der Waals surface area contributed by atoms with Crippen LogP contribution in [-0.4, -0.2) is 35.3 Å². The minimum absolute atomic E-state index is 0.0133. The van der Waals surface area contributed by atoms with Crippen LogP contribution in [0.5, 0.6) is 23.0 Å². The smallest absolute Gasteiger partial charge is 0.493 e. The predicted molar refractivity (Wildman–Crippen MR) is 61.7 cm³/mol. The third kappa shape index (κ3) is 3.18. The Morgan fingerprint density at radius 2 is 1.20 bits per heavy atom. The Morgan fingerprint density at radius 3 is 1.55 bits per heavy atom. The molecule has 0 atom stereocenters. The van der Waals surface area contributed by atoms with Gasteiger partial charge < -0.3 is 18.4 Å². The van der Waals surface area contributed by atoms with Gasteiger partial charge in [0, 0.05) is 12.1 Å². The van der Waals surface area contributed by atoms with Crippen LogP contribution in [0.4, 0.5) is 13.2 Å². The minimum atomic E-state index is -5.80. The first-order valence-corrected chi connectivity index (χ1v) is 6.38. The van der Waals surface area contributed by atoms with E-state index in [0.29, 0.717) is 0 Å². The van der Waals surface area contributed by atoms with Crippen LogP contribution in [0.1, 0.15) is 0 Å². The lowest BCUT2D eigenvalue weighted by Crippen LogP contribution is -2.28. The SMILES string of the molecule is COc1cc(OC)c(OS(=O)(=O)C(F)(F)F)cc1OC. The van der Waals surface area contributed by atoms with Gasteiger partial charge in [-0.05, 0) is 0 Å². The van der Waals surface area contributed by atoms with Crippen LogP contribution in [0.3, 0.4) is 0 Å². The van der Waals surface area contributed by atoms with Gasteiger partial charge in [-0.25, -0.2) is 0 Å². The molecule has 6 nitrogen and oxygen atoms in total. The van der Waals surface area contributed by atoms with Crippen molar-refractivity contribution in [3.8, 4) is 23.0 Å². The Balaban J connectivity index is 3.31. The third-order valence-electron chi connectivity index (χ3n) is 2.15. The van der Waals surface area contributed by atoms with Crippen molar-refractivity contribution in [2.45, 2.75) is 5.51 Å². The van der Waals surface area contributed by atoms with Crippen molar-refractivity contribution in [3.63, 3.8) is 0 Å². The maximum absolute atomic E-state index is 12.3. The Kier molecular flexibility index (Phi) is 4.58. The second kappa shape index (κ2) is 5.65. The standard InChI is InChI=1S/C10H11F3O6S/c1-16-6-4-8(18-3)9(5-7(6)17-2)19-20(14,15)10(11,12)13/h4-5H,1-3H3. The molecular formula is C10H11F3O6S. The average Bonchev–Trinajstić information content (AvgIpc) is 2.36. The number of hydrogen-bond donors (Lipinski definition) is 0. The fourth-order valence-electron chi connectivity index (χ4n) is 1.23. The molecule has 0 spiro atoms. The summed E-state index contributed by atoms with van der Waals surface area (Å²) in [6.07, 6.45) is 0. The molecule has 0 unspecified atom stereocenters. The first kappa shape index (κ1) is 16.2. The van der Waals surface area contributed by atoms with E-state index >= 15 is 0 Å². The van der Waals surface area contributed by atoms with Crippen LogP contribution < -0.4 is 18.4 Å². The van der Waals surface area contributed by atoms with Gasteiger partial charge in [0.15, 0.2) is 23.0 Å². The van der Waals surface area contributed by atoms with Gasteiger partial charge in [-0.1, -0.05) is 0 Å². The van der Waals surface area contributed by atoms with Crippen LogP contribution in [0.25, 0.3) is 0 Å². The molecule has 0 aromatic heterocycles. The van der Waals surface area contributed by atoms with Gasteiger partial charge in [0.2, 0.25) is 0 Å². The largest absolute Gasteiger partial charge is 0.534 e. The Labute approximate surface area is 113 Å². The highest BCUT2D eigenvalue weighted by atomic mass is 32.2. The zero-order valence-corrected chi connectivity index (χ0v) is 11.5. The lowest BCUT2D eigenvalue weighted by Gasteiger charge is -2.15. The summed E-state index contributed by atoms with van der Waals surface area (Å²) < 4.78 is 77.3. The molecule has 114 valence electrons. The van der Waals surface area contributed by atoms with E-state index in [1.54, 1.807) is 0 Å². The van der Waals surface area contributed by atoms with Crippen molar-refractivity contribution in [2.24, 2.45) is 0 Å². The van der Waals surface area contributed by atoms with E-state index in [4.69, 9.17) is 14.2 Å². The number of benzene rings is 1. The summed E-state index contributed by atoms with van der Waals surface area (Å²) in [4.78, 5) is 0. The average molecular weight is 316 g/mol. The quantitative estimate of drug-likeness (QED) is 0.611. The normalized spacial score (nSPS) is 11.9. The molecule has 0 radical (unpaired) electrons. The summed E-state index contributed by atoms with van der Waals surface area (Å²) >= 11 is 0. The number of methoxy groups -OCH3 is 3. The van der Waals surface area contributed by atoms with Crippen LogP contribution in [0.2, 0.25) is 0 Å². The highest BCUT2D eigenvalue weighted by Gasteiger charge is 2.49. The molecule has 1 rings (SSSR count). The van der Waals surface area contributed by atoms with Gasteiger partial charge in [0.25, 0.3) is 0 Å². The van der Waals surface area contributed by atoms with E-state index in [1.165, 1.54) is 14.2 Å². The topological polar surface area (TPSA) is 71.1 Å². The summed E-state index contributed by atoms with van der Waals surface area (Å²) in [5, 5.41) is 0. The Morgan fingerprint density at radius 1 is 0.850 bits per heavy atom. The van der Waals surface area contributed by atoms with Crippen molar-refractivity contribution in [1.82, 2.24) is 0 Å². The molecule has 0 bridgehead atoms. The van der Waals surface area contributed by atoms with Gasteiger partial charge in [-0.15, -0.1) is 0 Å². The fraction of sp³-hybridized carbons (Fsp3) is 0.400. The summed E-state index contributed by atoms with van der Waals surface area (Å²) in [5.41, 5.74) is -5.55. The summed E-state index contributed by atoms with van der Waals surface area (Å²) in [6, 6.07) is 2.06. The molecule has 0 amide bonds. The van der Waals surface area contributed by atoms with E-state index in [9.17, 15) is 21.6 Å². The summed E-state index contributed by atoms with van der Waals surface area (Å²) in [5.74, 6) is -0.792. The molecule has 0 heterocycles. The van der Waals surface area contributed by atoms with Gasteiger partial charge in [-0.3, -0.25) is 0 Å². The fourth-order valence-corrected chi connectivity index (χ4v) is 1.69. The molecule has 20 heavy (non-hydrogen) atoms. The number of ether oxygens (including phenoxy) is 3. The summed E-state index contributed by atoms with van der Waals surface area (Å²) in [6.45, 7) is 0. The van der Waals surface area contributed by atoms with Crippen LogP contribution in [0.15, 0.2) is 12.1 Å². The lowest BCUT2D eigenvalue weighted by atomic mass is 10.3. The van der Waals surface area contributed by atoms with Crippen molar-refractivity contribution in [1.29, 1.82) is 0 Å². The van der Waals surface area contributed by atoms with Crippen molar-refractivity contribution in [3.05, 3.63) is 12.1 Å². The highest BCUT2D eigenvalue weighted by molar-refractivity contribution is 7.88. The zero-order valence-electron chi connectivity index (χ0n) is 10.6. The molecule has 0 N–H and O–H groups in total. The minimum Gasteiger partial charge on any atom is -0.493 e. The Bertz CT molecular complexity index is 581. The van der Waals surface area contributed by atoms with Gasteiger partial charge >= 0.3 is 15.6 Å². The van der Waals surface area contributed by atoms with Crippen LogP contribution >= 0.6 is 0 Å². The van der Waals surface area contributed by atoms with E-state index in [-0.39, 0.29) is 17.2 Å². The van der Waals surface area contributed by atoms with E-state index in [0.717, 1.165) is 19.2 Å². The molecule has 1 aromatic rings. The van der Waals surface area contributed by atoms with E-state index in [2.05, 4.69) is 4.18 Å². The second-order valence-electron chi connectivity index (χ2n) is 3.34. The number of alkyl halides is 3. The molecule has 0 saturated heterocycles. The van der Waals surface area contributed by atoms with Gasteiger partial charge in [0.1, 0.15) is 0 Å². The van der Waals surface area contributed by atoms with Crippen LogP contribution in [0, 0.1) is 0 Å². The number of rotatable bonds is 5. The molecule has 0 fully saturated rings. The van der Waals surface area contributed by atoms with E-state index < -0.39 is 21.4 Å². The first-order valence-electron chi connectivity index (χ1n) is 4.97. The highest BCUT2D eigenvalue weighted by Crippen LogP contribution is 2.41. The molecule has 0 aliphatic heterocycles. The maximum atomic E-state index is 12.3. The predicted octanol–water partition coefficient (Wildman–Crippen LogP) is 1.94. The number of halogens is 3. The molecule has 1 aromatic carbocycles. The first-order chi connectivity index (χ1) is 9.16. The molecule has 0 saturated carbocycles. The lowest BCUT2D eigenvalue weighted by molar-refractivity contribution is -0.0500. The monoisotopic (exact) mass is 316 g/mol. The maximum Gasteiger partial charge on any atom is 0.534 e. The number of hydrogen-bond acceptors (Lipinski definition) is 6. The van der Waals surface area contributed by atoms with Gasteiger partial charge in [-0.2, -0.15) is 21.6 Å². The molecule has 0 aliphatic carbocycles. The Hall–Kier alpha value is -1.84. The van der Waals surface area contributed by atoms with E-state index in [1.807, 2.05) is 0 Å². The van der Waals surface area contributed by atoms with Crippen molar-refractivity contribution in [2.75, 3.05) is 21.3 Å².